The Morgan fingerprint density at radius 2 is 1.87 bits per heavy atom. The van der Waals surface area contributed by atoms with Gasteiger partial charge in [-0.1, -0.05) is 30.3 Å². The van der Waals surface area contributed by atoms with Gasteiger partial charge in [-0.25, -0.2) is 13.2 Å². The molecule has 0 saturated carbocycles. The minimum absolute atomic E-state index is 0.0516. The number of nitrogens with zero attached hydrogens (tertiary/aromatic N) is 1. The van der Waals surface area contributed by atoms with Crippen LogP contribution < -0.4 is 5.32 Å². The van der Waals surface area contributed by atoms with Crippen LogP contribution in [0.25, 0.3) is 0 Å². The average Bonchev–Trinajstić information content (AvgIpc) is 2.69. The van der Waals surface area contributed by atoms with Crippen molar-refractivity contribution >= 4 is 16.1 Å². The largest absolute Gasteiger partial charge is 0.444 e. The summed E-state index contributed by atoms with van der Waals surface area (Å²) < 4.78 is 43.6. The van der Waals surface area contributed by atoms with E-state index < -0.39 is 28.0 Å². The third-order valence-electron chi connectivity index (χ3n) is 4.36. The zero-order valence-corrected chi connectivity index (χ0v) is 18.9. The predicted octanol–water partition coefficient (Wildman–Crippen LogP) is 2.89. The fraction of sp³-hybridized carbons (Fsp3) is 0.667. The van der Waals surface area contributed by atoms with Crippen LogP contribution in [0, 0.1) is 0 Å². The fourth-order valence-corrected chi connectivity index (χ4v) is 4.44. The van der Waals surface area contributed by atoms with Gasteiger partial charge in [0.25, 0.3) is 0 Å². The highest BCUT2D eigenvalue weighted by molar-refractivity contribution is 7.89. The Kier molecular flexibility index (Phi) is 9.54. The van der Waals surface area contributed by atoms with Crippen LogP contribution in [0.3, 0.4) is 0 Å². The molecule has 0 atom stereocenters. The van der Waals surface area contributed by atoms with Gasteiger partial charge in [-0.2, -0.15) is 4.31 Å². The molecule has 9 heteroatoms. The summed E-state index contributed by atoms with van der Waals surface area (Å²) in [5, 5.41) is 2.67. The van der Waals surface area contributed by atoms with E-state index in [1.807, 2.05) is 30.3 Å². The maximum absolute atomic E-state index is 13.0. The summed E-state index contributed by atoms with van der Waals surface area (Å²) >= 11 is 0. The van der Waals surface area contributed by atoms with E-state index in [1.165, 1.54) is 4.31 Å². The Bertz CT molecular complexity index is 743. The first-order valence-electron chi connectivity index (χ1n) is 10.4. The van der Waals surface area contributed by atoms with Gasteiger partial charge in [-0.3, -0.25) is 0 Å². The van der Waals surface area contributed by atoms with E-state index in [0.717, 1.165) is 12.0 Å². The number of benzene rings is 1. The lowest BCUT2D eigenvalue weighted by molar-refractivity contribution is -0.178. The lowest BCUT2D eigenvalue weighted by Gasteiger charge is -2.26. The van der Waals surface area contributed by atoms with Gasteiger partial charge >= 0.3 is 6.09 Å². The van der Waals surface area contributed by atoms with E-state index in [4.69, 9.17) is 14.2 Å². The van der Waals surface area contributed by atoms with E-state index in [-0.39, 0.29) is 12.3 Å². The molecule has 30 heavy (non-hydrogen) atoms. The molecule has 0 spiro atoms. The zero-order chi connectivity index (χ0) is 22.0. The maximum Gasteiger partial charge on any atom is 0.407 e. The normalized spacial score (nSPS) is 15.9. The number of nitrogens with one attached hydrogen (secondary N) is 1. The Morgan fingerprint density at radius 1 is 1.20 bits per heavy atom. The van der Waals surface area contributed by atoms with Crippen molar-refractivity contribution in [1.29, 1.82) is 0 Å². The second kappa shape index (κ2) is 11.6. The van der Waals surface area contributed by atoms with Gasteiger partial charge in [-0.05, 0) is 39.2 Å². The minimum Gasteiger partial charge on any atom is -0.444 e. The first-order chi connectivity index (χ1) is 14.2. The summed E-state index contributed by atoms with van der Waals surface area (Å²) in [6.07, 6.45) is 0.618. The van der Waals surface area contributed by atoms with Crippen molar-refractivity contribution in [2.75, 3.05) is 32.1 Å². The van der Waals surface area contributed by atoms with Gasteiger partial charge in [0.2, 0.25) is 10.0 Å². The van der Waals surface area contributed by atoms with Crippen molar-refractivity contribution in [3.8, 4) is 0 Å². The van der Waals surface area contributed by atoms with Crippen molar-refractivity contribution in [3.05, 3.63) is 35.9 Å². The highest BCUT2D eigenvalue weighted by Crippen LogP contribution is 2.15. The van der Waals surface area contributed by atoms with Crippen molar-refractivity contribution in [2.24, 2.45) is 0 Å². The first-order valence-corrected chi connectivity index (χ1v) is 12.0. The second-order valence-corrected chi connectivity index (χ2v) is 10.3. The lowest BCUT2D eigenvalue weighted by atomic mass is 10.2. The summed E-state index contributed by atoms with van der Waals surface area (Å²) in [4.78, 5) is 11.8. The van der Waals surface area contributed by atoms with E-state index in [2.05, 4.69) is 5.32 Å². The standard InChI is InChI=1S/C21H34N2O6S/c1-21(2,3)29-20(24)22-12-7-13-23(17-18-9-5-4-6-10-18)30(25,26)16-11-19-27-14-8-15-28-19/h4-6,9-10,19H,7-8,11-17H2,1-3H3,(H,22,24). The fourth-order valence-electron chi connectivity index (χ4n) is 2.94. The molecule has 1 amide bonds. The Morgan fingerprint density at radius 3 is 2.50 bits per heavy atom. The molecule has 1 aromatic rings. The molecule has 1 aliphatic heterocycles. The van der Waals surface area contributed by atoms with Crippen LogP contribution in [-0.4, -0.2) is 62.8 Å². The SMILES string of the molecule is CC(C)(C)OC(=O)NCCCN(Cc1ccccc1)S(=O)(=O)CCC1OCCCO1. The third kappa shape index (κ3) is 9.42. The monoisotopic (exact) mass is 442 g/mol. The number of alkyl carbamates (subject to hydrolysis) is 1. The van der Waals surface area contributed by atoms with Crippen LogP contribution in [0.5, 0.6) is 0 Å². The molecule has 0 aromatic heterocycles. The van der Waals surface area contributed by atoms with Gasteiger partial charge in [0.15, 0.2) is 6.29 Å². The molecular formula is C21H34N2O6S. The topological polar surface area (TPSA) is 94.2 Å². The number of hydrogen-bond donors (Lipinski definition) is 1. The molecule has 0 radical (unpaired) electrons. The maximum atomic E-state index is 13.0. The first kappa shape index (κ1) is 24.6. The van der Waals surface area contributed by atoms with Crippen molar-refractivity contribution in [1.82, 2.24) is 9.62 Å². The number of sulfonamides is 1. The molecule has 1 aromatic carbocycles. The molecule has 1 aliphatic rings. The molecule has 0 bridgehead atoms. The number of ether oxygens (including phenoxy) is 3. The molecule has 8 nitrogen and oxygen atoms in total. The quantitative estimate of drug-likeness (QED) is 0.560. The summed E-state index contributed by atoms with van der Waals surface area (Å²) in [6.45, 7) is 7.46. The zero-order valence-electron chi connectivity index (χ0n) is 18.1. The van der Waals surface area contributed by atoms with Crippen molar-refractivity contribution in [3.63, 3.8) is 0 Å². The van der Waals surface area contributed by atoms with Crippen LogP contribution >= 0.6 is 0 Å². The number of carbonyl (C=O) groups is 1. The Balaban J connectivity index is 1.91. The van der Waals surface area contributed by atoms with E-state index >= 15 is 0 Å². The van der Waals surface area contributed by atoms with Gasteiger partial charge in [-0.15, -0.1) is 0 Å². The number of rotatable bonds is 10. The molecule has 0 aliphatic carbocycles. The molecule has 0 unspecified atom stereocenters. The highest BCUT2D eigenvalue weighted by atomic mass is 32.2. The second-order valence-electron chi connectivity index (χ2n) is 8.23. The van der Waals surface area contributed by atoms with Gasteiger partial charge < -0.3 is 19.5 Å². The summed E-state index contributed by atoms with van der Waals surface area (Å²) in [5.74, 6) is -0.0516. The smallest absolute Gasteiger partial charge is 0.407 e. The Hall–Kier alpha value is -1.68. The summed E-state index contributed by atoms with van der Waals surface area (Å²) in [7, 11) is -3.52. The number of hydrogen-bond acceptors (Lipinski definition) is 6. The van der Waals surface area contributed by atoms with Gasteiger partial charge in [0.05, 0.1) is 19.0 Å². The molecule has 1 N–H and O–H groups in total. The molecular weight excluding hydrogens is 408 g/mol. The van der Waals surface area contributed by atoms with E-state index in [9.17, 15) is 13.2 Å². The minimum atomic E-state index is -3.52. The highest BCUT2D eigenvalue weighted by Gasteiger charge is 2.25. The van der Waals surface area contributed by atoms with Gasteiger partial charge in [0.1, 0.15) is 5.60 Å². The van der Waals surface area contributed by atoms with E-state index in [0.29, 0.717) is 39.1 Å². The molecule has 1 heterocycles. The third-order valence-corrected chi connectivity index (χ3v) is 6.21. The predicted molar refractivity (Wildman–Crippen MR) is 114 cm³/mol. The summed E-state index contributed by atoms with van der Waals surface area (Å²) in [5.41, 5.74) is 0.335. The summed E-state index contributed by atoms with van der Waals surface area (Å²) in [6, 6.07) is 9.45. The van der Waals surface area contributed by atoms with Crippen LogP contribution in [0.15, 0.2) is 30.3 Å². The van der Waals surface area contributed by atoms with Crippen LogP contribution in [-0.2, 0) is 30.8 Å². The van der Waals surface area contributed by atoms with E-state index in [1.54, 1.807) is 20.8 Å². The lowest BCUT2D eigenvalue weighted by Crippen LogP contribution is -2.38. The molecule has 1 fully saturated rings. The molecule has 1 saturated heterocycles. The number of amides is 1. The van der Waals surface area contributed by atoms with Gasteiger partial charge in [0, 0.05) is 26.1 Å². The molecule has 170 valence electrons. The van der Waals surface area contributed by atoms with Crippen LogP contribution in [0.2, 0.25) is 0 Å². The van der Waals surface area contributed by atoms with Crippen molar-refractivity contribution < 1.29 is 27.4 Å². The van der Waals surface area contributed by atoms with Crippen LogP contribution in [0.4, 0.5) is 4.79 Å². The van der Waals surface area contributed by atoms with Crippen molar-refractivity contribution in [2.45, 2.75) is 58.5 Å². The Labute approximate surface area is 179 Å². The number of carbonyl (C=O) groups excluding carboxylic acids is 1. The van der Waals surface area contributed by atoms with Crippen LogP contribution in [0.1, 0.15) is 45.6 Å². The average molecular weight is 443 g/mol. The molecule has 2 rings (SSSR count).